The Morgan fingerprint density at radius 2 is 2.21 bits per heavy atom. The summed E-state index contributed by atoms with van der Waals surface area (Å²) in [6.45, 7) is 5.06. The second-order valence-electron chi connectivity index (χ2n) is 4.49. The van der Waals surface area contributed by atoms with Crippen LogP contribution < -0.4 is 5.32 Å². The molecule has 19 heavy (non-hydrogen) atoms. The third-order valence-corrected chi connectivity index (χ3v) is 3.95. The maximum Gasteiger partial charge on any atom is 0.0837 e. The van der Waals surface area contributed by atoms with E-state index >= 15 is 0 Å². The maximum absolute atomic E-state index is 6.28. The SMILES string of the molecule is CCNC(c1ccc(Br)cc1C)c1c(Cl)cnn1C. The first-order valence-electron chi connectivity index (χ1n) is 6.21. The van der Waals surface area contributed by atoms with Crippen molar-refractivity contribution in [3.05, 3.63) is 50.7 Å². The number of halogens is 2. The molecule has 0 saturated heterocycles. The summed E-state index contributed by atoms with van der Waals surface area (Å²) in [7, 11) is 1.92. The van der Waals surface area contributed by atoms with E-state index in [1.54, 1.807) is 6.20 Å². The zero-order chi connectivity index (χ0) is 14.0. The van der Waals surface area contributed by atoms with Crippen LogP contribution in [0.2, 0.25) is 5.02 Å². The van der Waals surface area contributed by atoms with E-state index in [2.05, 4.69) is 58.4 Å². The molecule has 2 rings (SSSR count). The molecule has 0 spiro atoms. The van der Waals surface area contributed by atoms with Gasteiger partial charge in [-0.15, -0.1) is 0 Å². The molecule has 0 aliphatic heterocycles. The van der Waals surface area contributed by atoms with Gasteiger partial charge in [-0.3, -0.25) is 4.68 Å². The average molecular weight is 343 g/mol. The number of rotatable bonds is 4. The number of aromatic nitrogens is 2. The Morgan fingerprint density at radius 3 is 2.74 bits per heavy atom. The average Bonchev–Trinajstić information content (AvgIpc) is 2.67. The zero-order valence-electron chi connectivity index (χ0n) is 11.2. The van der Waals surface area contributed by atoms with Crippen LogP contribution in [0.15, 0.2) is 28.9 Å². The van der Waals surface area contributed by atoms with Crippen LogP contribution >= 0.6 is 27.5 Å². The fraction of sp³-hybridized carbons (Fsp3) is 0.357. The summed E-state index contributed by atoms with van der Waals surface area (Å²) >= 11 is 9.77. The van der Waals surface area contributed by atoms with Crippen molar-refractivity contribution in [1.82, 2.24) is 15.1 Å². The van der Waals surface area contributed by atoms with E-state index in [-0.39, 0.29) is 6.04 Å². The minimum absolute atomic E-state index is 0.0538. The summed E-state index contributed by atoms with van der Waals surface area (Å²) < 4.78 is 2.91. The van der Waals surface area contributed by atoms with Crippen LogP contribution in [0, 0.1) is 6.92 Å². The molecule has 1 N–H and O–H groups in total. The lowest BCUT2D eigenvalue weighted by Gasteiger charge is -2.21. The topological polar surface area (TPSA) is 29.9 Å². The van der Waals surface area contributed by atoms with Crippen molar-refractivity contribution in [3.63, 3.8) is 0 Å². The van der Waals surface area contributed by atoms with Crippen molar-refractivity contribution in [1.29, 1.82) is 0 Å². The minimum Gasteiger partial charge on any atom is -0.305 e. The van der Waals surface area contributed by atoms with Crippen LogP contribution in [-0.2, 0) is 7.05 Å². The largest absolute Gasteiger partial charge is 0.305 e. The van der Waals surface area contributed by atoms with Gasteiger partial charge in [-0.2, -0.15) is 5.10 Å². The van der Waals surface area contributed by atoms with Gasteiger partial charge in [0.25, 0.3) is 0 Å². The zero-order valence-corrected chi connectivity index (χ0v) is 13.6. The van der Waals surface area contributed by atoms with Gasteiger partial charge in [0.05, 0.1) is 23.0 Å². The Kier molecular flexibility index (Phi) is 4.66. The normalized spacial score (nSPS) is 12.7. The third-order valence-electron chi connectivity index (χ3n) is 3.16. The van der Waals surface area contributed by atoms with Crippen molar-refractivity contribution >= 4 is 27.5 Å². The molecule has 0 radical (unpaired) electrons. The van der Waals surface area contributed by atoms with Crippen LogP contribution in [0.5, 0.6) is 0 Å². The van der Waals surface area contributed by atoms with Gasteiger partial charge in [-0.25, -0.2) is 0 Å². The molecule has 1 aromatic carbocycles. The fourth-order valence-corrected chi connectivity index (χ4v) is 3.02. The van der Waals surface area contributed by atoms with E-state index in [1.165, 1.54) is 11.1 Å². The second kappa shape index (κ2) is 6.07. The Balaban J connectivity index is 2.51. The summed E-state index contributed by atoms with van der Waals surface area (Å²) in [5.74, 6) is 0. The lowest BCUT2D eigenvalue weighted by Crippen LogP contribution is -2.25. The molecule has 1 aromatic heterocycles. The molecule has 102 valence electrons. The highest BCUT2D eigenvalue weighted by atomic mass is 79.9. The van der Waals surface area contributed by atoms with Gasteiger partial charge in [-0.05, 0) is 36.7 Å². The van der Waals surface area contributed by atoms with Gasteiger partial charge in [0.15, 0.2) is 0 Å². The third kappa shape index (κ3) is 3.02. The molecule has 0 aliphatic rings. The predicted molar refractivity (Wildman–Crippen MR) is 82.6 cm³/mol. The van der Waals surface area contributed by atoms with Crippen LogP contribution in [0.1, 0.15) is 29.8 Å². The van der Waals surface area contributed by atoms with Crippen molar-refractivity contribution < 1.29 is 0 Å². The molecular weight excluding hydrogens is 326 g/mol. The van der Waals surface area contributed by atoms with Gasteiger partial charge in [0.1, 0.15) is 0 Å². The van der Waals surface area contributed by atoms with Gasteiger partial charge in [0, 0.05) is 11.5 Å². The van der Waals surface area contributed by atoms with E-state index in [4.69, 9.17) is 11.6 Å². The minimum atomic E-state index is 0.0538. The molecule has 5 heteroatoms. The smallest absolute Gasteiger partial charge is 0.0837 e. The number of aryl methyl sites for hydroxylation is 2. The second-order valence-corrected chi connectivity index (χ2v) is 5.82. The first-order valence-corrected chi connectivity index (χ1v) is 7.38. The fourth-order valence-electron chi connectivity index (χ4n) is 2.27. The monoisotopic (exact) mass is 341 g/mol. The van der Waals surface area contributed by atoms with E-state index in [0.29, 0.717) is 5.02 Å². The van der Waals surface area contributed by atoms with Crippen LogP contribution in [0.25, 0.3) is 0 Å². The summed E-state index contributed by atoms with van der Waals surface area (Å²) in [4.78, 5) is 0. The van der Waals surface area contributed by atoms with Gasteiger partial charge in [0.2, 0.25) is 0 Å². The molecule has 1 unspecified atom stereocenters. The summed E-state index contributed by atoms with van der Waals surface area (Å²) in [6, 6.07) is 6.34. The molecule has 1 atom stereocenters. The lowest BCUT2D eigenvalue weighted by atomic mass is 9.98. The first-order chi connectivity index (χ1) is 9.04. The van der Waals surface area contributed by atoms with E-state index < -0.39 is 0 Å². The molecule has 0 aliphatic carbocycles. The Hall–Kier alpha value is -0.840. The summed E-state index contributed by atoms with van der Waals surface area (Å²) in [5.41, 5.74) is 3.43. The van der Waals surface area contributed by atoms with E-state index in [9.17, 15) is 0 Å². The number of nitrogens with one attached hydrogen (secondary N) is 1. The highest BCUT2D eigenvalue weighted by Crippen LogP contribution is 2.30. The molecule has 0 fully saturated rings. The first kappa shape index (κ1) is 14.6. The predicted octanol–water partition coefficient (Wildman–Crippen LogP) is 3.84. The molecule has 2 aromatic rings. The molecule has 0 amide bonds. The van der Waals surface area contributed by atoms with Crippen molar-refractivity contribution in [2.45, 2.75) is 19.9 Å². The highest BCUT2D eigenvalue weighted by molar-refractivity contribution is 9.10. The quantitative estimate of drug-likeness (QED) is 0.915. The van der Waals surface area contributed by atoms with Crippen LogP contribution in [-0.4, -0.2) is 16.3 Å². The van der Waals surface area contributed by atoms with Crippen LogP contribution in [0.3, 0.4) is 0 Å². The molecular formula is C14H17BrClN3. The number of hydrogen-bond acceptors (Lipinski definition) is 2. The Morgan fingerprint density at radius 1 is 1.47 bits per heavy atom. The van der Waals surface area contributed by atoms with E-state index in [1.807, 2.05) is 11.7 Å². The molecule has 1 heterocycles. The molecule has 3 nitrogen and oxygen atoms in total. The maximum atomic E-state index is 6.28. The van der Waals surface area contributed by atoms with Crippen molar-refractivity contribution in [3.8, 4) is 0 Å². The van der Waals surface area contributed by atoms with E-state index in [0.717, 1.165) is 16.7 Å². The van der Waals surface area contributed by atoms with Gasteiger partial charge >= 0.3 is 0 Å². The molecule has 0 bridgehead atoms. The molecule has 0 saturated carbocycles. The van der Waals surface area contributed by atoms with Gasteiger partial charge < -0.3 is 5.32 Å². The van der Waals surface area contributed by atoms with Crippen molar-refractivity contribution in [2.24, 2.45) is 7.05 Å². The Labute approximate surface area is 127 Å². The highest BCUT2D eigenvalue weighted by Gasteiger charge is 2.21. The van der Waals surface area contributed by atoms with Crippen LogP contribution in [0.4, 0.5) is 0 Å². The summed E-state index contributed by atoms with van der Waals surface area (Å²) in [6.07, 6.45) is 1.69. The lowest BCUT2D eigenvalue weighted by molar-refractivity contribution is 0.571. The Bertz CT molecular complexity index is 561. The number of benzene rings is 1. The summed E-state index contributed by atoms with van der Waals surface area (Å²) in [5, 5.41) is 8.40. The number of nitrogens with zero attached hydrogens (tertiary/aromatic N) is 2. The van der Waals surface area contributed by atoms with Crippen molar-refractivity contribution in [2.75, 3.05) is 6.54 Å². The van der Waals surface area contributed by atoms with Gasteiger partial charge in [-0.1, -0.05) is 40.5 Å². The number of hydrogen-bond donors (Lipinski definition) is 1. The standard InChI is InChI=1S/C14H17BrClN3/c1-4-17-13(14-12(16)8-18-19(14)3)11-6-5-10(15)7-9(11)2/h5-8,13,17H,4H2,1-3H3.